The van der Waals surface area contributed by atoms with Crippen molar-refractivity contribution in [1.82, 2.24) is 0 Å². The van der Waals surface area contributed by atoms with Gasteiger partial charge in [0.15, 0.2) is 6.16 Å². The van der Waals surface area contributed by atoms with Gasteiger partial charge in [0, 0.05) is 0 Å². The molecule has 0 atom stereocenters. The average molecular weight is 139 g/mol. The Morgan fingerprint density at radius 2 is 1.88 bits per heavy atom. The lowest BCUT2D eigenvalue weighted by atomic mass is 10.8. The molecule has 0 heterocycles. The highest BCUT2D eigenvalue weighted by Gasteiger charge is 2.18. The van der Waals surface area contributed by atoms with Gasteiger partial charge in [-0.2, -0.15) is 0 Å². The van der Waals surface area contributed by atoms with Crippen LogP contribution in [0, 0.1) is 0 Å². The van der Waals surface area contributed by atoms with Crippen LogP contribution >= 0.6 is 7.60 Å². The summed E-state index contributed by atoms with van der Waals surface area (Å²) >= 11 is 0. The van der Waals surface area contributed by atoms with E-state index in [9.17, 15) is 14.5 Å². The Bertz CT molecular complexity index is 133. The Kier molecular flexibility index (Phi) is 2.15. The van der Waals surface area contributed by atoms with Gasteiger partial charge in [0.05, 0.1) is 0 Å². The molecule has 0 amide bonds. The van der Waals surface area contributed by atoms with Crippen LogP contribution in [0.5, 0.6) is 0 Å². The molecule has 0 saturated heterocycles. The van der Waals surface area contributed by atoms with Crippen LogP contribution in [0.25, 0.3) is 0 Å². The summed E-state index contributed by atoms with van der Waals surface area (Å²) in [5.74, 6) is -1.74. The van der Waals surface area contributed by atoms with Crippen LogP contribution in [0.15, 0.2) is 0 Å². The van der Waals surface area contributed by atoms with Gasteiger partial charge >= 0.3 is 13.6 Å². The molecule has 2 N–H and O–H groups in total. The topological polar surface area (TPSA) is 94.5 Å². The van der Waals surface area contributed by atoms with E-state index in [1.165, 1.54) is 0 Å². The Morgan fingerprint density at radius 1 is 1.50 bits per heavy atom. The molecule has 1 radical (unpaired) electrons. The molecule has 0 bridgehead atoms. The maximum Gasteiger partial charge on any atom is 0.367 e. The summed E-state index contributed by atoms with van der Waals surface area (Å²) in [5.41, 5.74) is 0. The SMILES string of the molecule is [O]C(=O)CP(=O)(O)O. The van der Waals surface area contributed by atoms with Crippen molar-refractivity contribution in [3.8, 4) is 0 Å². The van der Waals surface area contributed by atoms with E-state index in [2.05, 4.69) is 0 Å². The van der Waals surface area contributed by atoms with Gasteiger partial charge in [-0.1, -0.05) is 0 Å². The number of carbonyl (C=O) groups is 1. The molecule has 0 rings (SSSR count). The van der Waals surface area contributed by atoms with E-state index in [1.54, 1.807) is 0 Å². The minimum atomic E-state index is -4.38. The maximum atomic E-state index is 9.72. The average Bonchev–Trinajstić information content (AvgIpc) is 1.21. The standard InChI is InChI=1S/C2H4O5P/c3-2(4)1-8(5,6)7/h1H2,(H2,5,6,7). The largest absolute Gasteiger partial charge is 0.367 e. The smallest absolute Gasteiger partial charge is 0.324 e. The van der Waals surface area contributed by atoms with E-state index < -0.39 is 19.7 Å². The van der Waals surface area contributed by atoms with Crippen molar-refractivity contribution < 1.29 is 24.3 Å². The van der Waals surface area contributed by atoms with Crippen molar-refractivity contribution in [1.29, 1.82) is 0 Å². The van der Waals surface area contributed by atoms with E-state index in [4.69, 9.17) is 9.79 Å². The summed E-state index contributed by atoms with van der Waals surface area (Å²) in [7, 11) is -4.38. The predicted molar refractivity (Wildman–Crippen MR) is 22.6 cm³/mol. The summed E-state index contributed by atoms with van der Waals surface area (Å²) in [6.45, 7) is 0. The lowest BCUT2D eigenvalue weighted by molar-refractivity contribution is -0.140. The van der Waals surface area contributed by atoms with Crippen LogP contribution in [-0.4, -0.2) is 21.9 Å². The highest BCUT2D eigenvalue weighted by atomic mass is 31.2. The second-order valence-corrected chi connectivity index (χ2v) is 2.84. The Balaban J connectivity index is 3.74. The fourth-order valence-corrected chi connectivity index (χ4v) is 0.505. The van der Waals surface area contributed by atoms with Crippen LogP contribution in [-0.2, 0) is 14.5 Å². The monoisotopic (exact) mass is 139 g/mol. The summed E-state index contributed by atoms with van der Waals surface area (Å²) in [6, 6.07) is 0. The minimum absolute atomic E-state index is 1.20. The molecule has 0 aromatic carbocycles. The molecule has 0 aliphatic rings. The van der Waals surface area contributed by atoms with Crippen LogP contribution in [0.4, 0.5) is 0 Å². The van der Waals surface area contributed by atoms with Gasteiger partial charge in [-0.25, -0.2) is 9.90 Å². The first-order valence-electron chi connectivity index (χ1n) is 1.66. The zero-order valence-electron chi connectivity index (χ0n) is 3.77. The van der Waals surface area contributed by atoms with Crippen molar-refractivity contribution >= 4 is 13.6 Å². The summed E-state index contributed by atoms with van der Waals surface area (Å²) in [5, 5.41) is 9.41. The van der Waals surface area contributed by atoms with Gasteiger partial charge in [-0.05, 0) is 0 Å². The predicted octanol–water partition coefficient (Wildman–Crippen LogP) is -0.879. The van der Waals surface area contributed by atoms with E-state index >= 15 is 0 Å². The van der Waals surface area contributed by atoms with Gasteiger partial charge in [0.2, 0.25) is 0 Å². The van der Waals surface area contributed by atoms with Crippen molar-refractivity contribution in [2.75, 3.05) is 6.16 Å². The fourth-order valence-electron chi connectivity index (χ4n) is 0.168. The van der Waals surface area contributed by atoms with E-state index in [0.717, 1.165) is 0 Å². The van der Waals surface area contributed by atoms with Crippen LogP contribution < -0.4 is 0 Å². The number of carbonyl (C=O) groups excluding carboxylic acids is 1. The first kappa shape index (κ1) is 7.62. The van der Waals surface area contributed by atoms with Crippen LogP contribution in [0.3, 0.4) is 0 Å². The molecule has 0 saturated carbocycles. The highest BCUT2D eigenvalue weighted by molar-refractivity contribution is 7.52. The molecule has 8 heavy (non-hydrogen) atoms. The zero-order chi connectivity index (χ0) is 6.78. The minimum Gasteiger partial charge on any atom is -0.324 e. The quantitative estimate of drug-likeness (QED) is 0.485. The van der Waals surface area contributed by atoms with E-state index in [0.29, 0.717) is 0 Å². The van der Waals surface area contributed by atoms with Gasteiger partial charge < -0.3 is 9.79 Å². The molecule has 0 aliphatic heterocycles. The van der Waals surface area contributed by atoms with Gasteiger partial charge in [0.25, 0.3) is 0 Å². The second kappa shape index (κ2) is 2.26. The third kappa shape index (κ3) is 5.62. The Labute approximate surface area is 45.1 Å². The molecular weight excluding hydrogens is 135 g/mol. The number of hydrogen-bond acceptors (Lipinski definition) is 2. The highest BCUT2D eigenvalue weighted by Crippen LogP contribution is 2.33. The van der Waals surface area contributed by atoms with Crippen LogP contribution in [0.1, 0.15) is 0 Å². The van der Waals surface area contributed by atoms with Crippen molar-refractivity contribution in [3.05, 3.63) is 0 Å². The maximum absolute atomic E-state index is 9.72. The van der Waals surface area contributed by atoms with E-state index in [-0.39, 0.29) is 0 Å². The lowest BCUT2D eigenvalue weighted by Crippen LogP contribution is -2.00. The Hall–Kier alpha value is -0.380. The Morgan fingerprint density at radius 3 is 1.88 bits per heavy atom. The molecule has 0 unspecified atom stereocenters. The first-order chi connectivity index (χ1) is 3.42. The molecule has 0 spiro atoms. The molecule has 0 fully saturated rings. The van der Waals surface area contributed by atoms with Crippen molar-refractivity contribution in [3.63, 3.8) is 0 Å². The number of rotatable bonds is 2. The molecule has 0 aromatic heterocycles. The third-order valence-electron chi connectivity index (χ3n) is 0.335. The summed E-state index contributed by atoms with van der Waals surface area (Å²) in [6.07, 6.45) is -1.20. The zero-order valence-corrected chi connectivity index (χ0v) is 4.67. The summed E-state index contributed by atoms with van der Waals surface area (Å²) in [4.78, 5) is 25.2. The first-order valence-corrected chi connectivity index (χ1v) is 3.46. The molecular formula is C2H4O5P. The molecule has 0 aromatic rings. The summed E-state index contributed by atoms with van der Waals surface area (Å²) < 4.78 is 9.72. The van der Waals surface area contributed by atoms with Gasteiger partial charge in [-0.15, -0.1) is 0 Å². The third-order valence-corrected chi connectivity index (χ3v) is 1.01. The molecule has 0 aliphatic carbocycles. The number of hydrogen-bond donors (Lipinski definition) is 2. The second-order valence-electron chi connectivity index (χ2n) is 1.19. The molecule has 5 nitrogen and oxygen atoms in total. The van der Waals surface area contributed by atoms with Crippen molar-refractivity contribution in [2.45, 2.75) is 0 Å². The van der Waals surface area contributed by atoms with Crippen molar-refractivity contribution in [2.24, 2.45) is 0 Å². The molecule has 47 valence electrons. The van der Waals surface area contributed by atoms with Crippen LogP contribution in [0.2, 0.25) is 0 Å². The normalized spacial score (nSPS) is 11.2. The lowest BCUT2D eigenvalue weighted by Gasteiger charge is -1.93. The van der Waals surface area contributed by atoms with Gasteiger partial charge in [-0.3, -0.25) is 4.57 Å². The van der Waals surface area contributed by atoms with Gasteiger partial charge in [0.1, 0.15) is 0 Å². The molecule has 6 heteroatoms. The fraction of sp³-hybridized carbons (Fsp3) is 0.500. The van der Waals surface area contributed by atoms with E-state index in [1.807, 2.05) is 0 Å².